The van der Waals surface area contributed by atoms with E-state index in [0.717, 1.165) is 39.3 Å². The number of carbonyl (C=O) groups excluding carboxylic acids is 2. The largest absolute Gasteiger partial charge is 0.492 e. The maximum atomic E-state index is 12.3. The van der Waals surface area contributed by atoms with E-state index < -0.39 is 5.91 Å². The maximum absolute atomic E-state index is 12.3. The summed E-state index contributed by atoms with van der Waals surface area (Å²) in [6, 6.07) is 29.3. The molecular formula is C32H32N4O4. The predicted molar refractivity (Wildman–Crippen MR) is 154 cm³/mol. The van der Waals surface area contributed by atoms with Gasteiger partial charge in [-0.05, 0) is 46.5 Å². The molecule has 3 aromatic carbocycles. The first kappa shape index (κ1) is 28.2. The molecule has 1 aromatic heterocycles. The van der Waals surface area contributed by atoms with Gasteiger partial charge in [0.15, 0.2) is 0 Å². The number of ether oxygens (including phenoxy) is 1. The Hall–Kier alpha value is -4.79. The fourth-order valence-electron chi connectivity index (χ4n) is 3.90. The second-order valence-corrected chi connectivity index (χ2v) is 9.08. The highest BCUT2D eigenvalue weighted by Gasteiger charge is 2.06. The Morgan fingerprint density at radius 3 is 2.25 bits per heavy atom. The molecule has 0 saturated carbocycles. The van der Waals surface area contributed by atoms with E-state index in [-0.39, 0.29) is 12.3 Å². The summed E-state index contributed by atoms with van der Waals surface area (Å²) in [4.78, 5) is 27.8. The Balaban J connectivity index is 1.15. The first-order valence-electron chi connectivity index (χ1n) is 13.0. The number of rotatable bonds is 13. The highest BCUT2D eigenvalue weighted by molar-refractivity contribution is 5.90. The van der Waals surface area contributed by atoms with Crippen LogP contribution < -0.4 is 20.9 Å². The molecule has 0 atom stereocenters. The van der Waals surface area contributed by atoms with Gasteiger partial charge in [0.25, 0.3) is 5.91 Å². The summed E-state index contributed by atoms with van der Waals surface area (Å²) in [5, 5.41) is 14.8. The average molecular weight is 537 g/mol. The molecule has 4 N–H and O–H groups in total. The molecule has 0 spiro atoms. The van der Waals surface area contributed by atoms with Crippen molar-refractivity contribution in [2.24, 2.45) is 0 Å². The van der Waals surface area contributed by atoms with Crippen LogP contribution in [-0.4, -0.2) is 35.2 Å². The summed E-state index contributed by atoms with van der Waals surface area (Å²) >= 11 is 0. The molecule has 0 bridgehead atoms. The molecule has 2 amide bonds. The SMILES string of the molecule is O=C(/C=C/c1ccc(CNCCOc2ccc(-c3ccc(CC(=O)NCc4ccccc4)nc3)cc2)cc1)NO. The van der Waals surface area contributed by atoms with Crippen LogP contribution in [-0.2, 0) is 29.1 Å². The van der Waals surface area contributed by atoms with E-state index in [4.69, 9.17) is 9.94 Å². The first-order chi connectivity index (χ1) is 19.6. The van der Waals surface area contributed by atoms with Crippen LogP contribution in [0.1, 0.15) is 22.4 Å². The van der Waals surface area contributed by atoms with Crippen molar-refractivity contribution in [3.63, 3.8) is 0 Å². The summed E-state index contributed by atoms with van der Waals surface area (Å²) in [5.74, 6) is 0.162. The summed E-state index contributed by atoms with van der Waals surface area (Å²) in [5.41, 5.74) is 7.32. The number of hydrogen-bond acceptors (Lipinski definition) is 6. The van der Waals surface area contributed by atoms with Gasteiger partial charge in [0.1, 0.15) is 12.4 Å². The van der Waals surface area contributed by atoms with Gasteiger partial charge in [-0.15, -0.1) is 0 Å². The number of carbonyl (C=O) groups is 2. The molecule has 8 heteroatoms. The molecule has 204 valence electrons. The summed E-state index contributed by atoms with van der Waals surface area (Å²) in [7, 11) is 0. The third kappa shape index (κ3) is 9.20. The number of nitrogens with one attached hydrogen (secondary N) is 3. The van der Waals surface area contributed by atoms with Crippen molar-refractivity contribution < 1.29 is 19.5 Å². The summed E-state index contributed by atoms with van der Waals surface area (Å²) in [6.07, 6.45) is 4.92. The Kier molecular flexibility index (Phi) is 10.6. The Labute approximate surface area is 233 Å². The molecule has 4 rings (SSSR count). The maximum Gasteiger partial charge on any atom is 0.267 e. The summed E-state index contributed by atoms with van der Waals surface area (Å²) < 4.78 is 5.85. The predicted octanol–water partition coefficient (Wildman–Crippen LogP) is 4.29. The molecule has 0 saturated heterocycles. The van der Waals surface area contributed by atoms with E-state index in [2.05, 4.69) is 15.6 Å². The Morgan fingerprint density at radius 1 is 0.825 bits per heavy atom. The molecule has 0 aliphatic rings. The van der Waals surface area contributed by atoms with Crippen molar-refractivity contribution in [1.82, 2.24) is 21.1 Å². The second-order valence-electron chi connectivity index (χ2n) is 9.08. The monoisotopic (exact) mass is 536 g/mol. The van der Waals surface area contributed by atoms with Crippen molar-refractivity contribution in [3.8, 4) is 16.9 Å². The lowest BCUT2D eigenvalue weighted by Gasteiger charge is -2.09. The van der Waals surface area contributed by atoms with Crippen molar-refractivity contribution in [2.45, 2.75) is 19.5 Å². The molecular weight excluding hydrogens is 504 g/mol. The topological polar surface area (TPSA) is 113 Å². The lowest BCUT2D eigenvalue weighted by Crippen LogP contribution is -2.24. The van der Waals surface area contributed by atoms with Gasteiger partial charge in [-0.1, -0.05) is 72.8 Å². The summed E-state index contributed by atoms with van der Waals surface area (Å²) in [6.45, 7) is 2.41. The van der Waals surface area contributed by atoms with Crippen LogP contribution in [0.5, 0.6) is 5.75 Å². The van der Waals surface area contributed by atoms with Crippen LogP contribution in [0.4, 0.5) is 0 Å². The van der Waals surface area contributed by atoms with Crippen LogP contribution in [0, 0.1) is 0 Å². The molecule has 40 heavy (non-hydrogen) atoms. The van der Waals surface area contributed by atoms with E-state index in [0.29, 0.717) is 26.2 Å². The van der Waals surface area contributed by atoms with Gasteiger partial charge in [-0.25, -0.2) is 5.48 Å². The fourth-order valence-corrected chi connectivity index (χ4v) is 3.90. The van der Waals surface area contributed by atoms with Crippen molar-refractivity contribution in [1.29, 1.82) is 0 Å². The molecule has 0 unspecified atom stereocenters. The van der Waals surface area contributed by atoms with E-state index in [1.54, 1.807) is 17.8 Å². The third-order valence-electron chi connectivity index (χ3n) is 6.08. The Bertz CT molecular complexity index is 1390. The van der Waals surface area contributed by atoms with Crippen LogP contribution in [0.2, 0.25) is 0 Å². The highest BCUT2D eigenvalue weighted by Crippen LogP contribution is 2.22. The van der Waals surface area contributed by atoms with Gasteiger partial charge < -0.3 is 15.4 Å². The van der Waals surface area contributed by atoms with E-state index >= 15 is 0 Å². The van der Waals surface area contributed by atoms with Gasteiger partial charge in [-0.2, -0.15) is 0 Å². The molecule has 0 radical (unpaired) electrons. The Morgan fingerprint density at radius 2 is 1.55 bits per heavy atom. The molecule has 0 aliphatic heterocycles. The van der Waals surface area contributed by atoms with Gasteiger partial charge in [0.05, 0.1) is 6.42 Å². The van der Waals surface area contributed by atoms with Crippen LogP contribution in [0.15, 0.2) is 103 Å². The van der Waals surface area contributed by atoms with Gasteiger partial charge in [0, 0.05) is 43.2 Å². The smallest absolute Gasteiger partial charge is 0.267 e. The number of amides is 2. The number of benzene rings is 3. The molecule has 1 heterocycles. The van der Waals surface area contributed by atoms with Gasteiger partial charge in [0.2, 0.25) is 5.91 Å². The lowest BCUT2D eigenvalue weighted by atomic mass is 10.1. The number of aromatic nitrogens is 1. The van der Waals surface area contributed by atoms with Crippen LogP contribution in [0.25, 0.3) is 17.2 Å². The van der Waals surface area contributed by atoms with E-state index in [1.165, 1.54) is 6.08 Å². The molecule has 0 aliphatic carbocycles. The lowest BCUT2D eigenvalue weighted by molar-refractivity contribution is -0.124. The van der Waals surface area contributed by atoms with Crippen molar-refractivity contribution >= 4 is 17.9 Å². The normalized spacial score (nSPS) is 10.8. The zero-order valence-corrected chi connectivity index (χ0v) is 22.0. The minimum absolute atomic E-state index is 0.0579. The van der Waals surface area contributed by atoms with Crippen molar-refractivity contribution in [3.05, 3.63) is 126 Å². The standard InChI is InChI=1S/C32H32N4O4/c37-31(36-39)17-10-24-6-8-26(9-7-24)21-33-18-19-40-30-15-12-27(13-16-30)28-11-14-29(34-23-28)20-32(38)35-22-25-4-2-1-3-5-25/h1-17,23,33,39H,18-22H2,(H,35,38)(H,36,37)/b17-10+. The van der Waals surface area contributed by atoms with Crippen molar-refractivity contribution in [2.75, 3.05) is 13.2 Å². The van der Waals surface area contributed by atoms with Crippen LogP contribution in [0.3, 0.4) is 0 Å². The molecule has 4 aromatic rings. The zero-order chi connectivity index (χ0) is 28.0. The number of hydrogen-bond donors (Lipinski definition) is 4. The van der Waals surface area contributed by atoms with E-state index in [1.807, 2.05) is 91.0 Å². The van der Waals surface area contributed by atoms with Gasteiger partial charge >= 0.3 is 0 Å². The minimum atomic E-state index is -0.566. The van der Waals surface area contributed by atoms with Gasteiger partial charge in [-0.3, -0.25) is 19.8 Å². The fraction of sp³-hybridized carbons (Fsp3) is 0.156. The highest BCUT2D eigenvalue weighted by atomic mass is 16.5. The first-order valence-corrected chi connectivity index (χ1v) is 13.0. The average Bonchev–Trinajstić information content (AvgIpc) is 3.00. The minimum Gasteiger partial charge on any atom is -0.492 e. The van der Waals surface area contributed by atoms with E-state index in [9.17, 15) is 9.59 Å². The number of nitrogens with zero attached hydrogens (tertiary/aromatic N) is 1. The molecule has 0 fully saturated rings. The molecule has 8 nitrogen and oxygen atoms in total. The van der Waals surface area contributed by atoms with Crippen LogP contribution >= 0.6 is 0 Å². The quantitative estimate of drug-likeness (QED) is 0.0878. The second kappa shape index (κ2) is 15.0. The number of pyridine rings is 1. The third-order valence-corrected chi connectivity index (χ3v) is 6.08. The number of hydroxylamine groups is 1. The zero-order valence-electron chi connectivity index (χ0n) is 22.0.